The van der Waals surface area contributed by atoms with Gasteiger partial charge >= 0.3 is 0 Å². The van der Waals surface area contributed by atoms with Gasteiger partial charge in [0.15, 0.2) is 0 Å². The van der Waals surface area contributed by atoms with E-state index in [4.69, 9.17) is 5.73 Å². The highest BCUT2D eigenvalue weighted by molar-refractivity contribution is 5.85. The van der Waals surface area contributed by atoms with Gasteiger partial charge in [0.05, 0.1) is 6.42 Å². The molecule has 1 aliphatic rings. The van der Waals surface area contributed by atoms with Crippen LogP contribution in [0.5, 0.6) is 0 Å². The van der Waals surface area contributed by atoms with Gasteiger partial charge in [-0.15, -0.1) is 0 Å². The Kier molecular flexibility index (Phi) is 5.29. The molecule has 1 aliphatic carbocycles. The molecule has 3 N–H and O–H groups in total. The third kappa shape index (κ3) is 4.11. The zero-order chi connectivity index (χ0) is 16.1. The van der Waals surface area contributed by atoms with Crippen LogP contribution >= 0.6 is 0 Å². The first kappa shape index (κ1) is 16.0. The van der Waals surface area contributed by atoms with Gasteiger partial charge in [-0.2, -0.15) is 0 Å². The van der Waals surface area contributed by atoms with Crippen LogP contribution in [0.25, 0.3) is 10.8 Å². The van der Waals surface area contributed by atoms with Crippen LogP contribution in [0.3, 0.4) is 0 Å². The number of nitrogens with two attached hydrogens (primary N) is 1. The van der Waals surface area contributed by atoms with Crippen molar-refractivity contribution in [3.63, 3.8) is 0 Å². The summed E-state index contributed by atoms with van der Waals surface area (Å²) in [7, 11) is 0. The van der Waals surface area contributed by atoms with Crippen LogP contribution in [-0.4, -0.2) is 18.5 Å². The third-order valence-corrected chi connectivity index (χ3v) is 5.00. The first-order valence-corrected chi connectivity index (χ1v) is 8.73. The summed E-state index contributed by atoms with van der Waals surface area (Å²) >= 11 is 0. The Morgan fingerprint density at radius 3 is 2.57 bits per heavy atom. The molecule has 23 heavy (non-hydrogen) atoms. The summed E-state index contributed by atoms with van der Waals surface area (Å²) in [5.41, 5.74) is 6.96. The molecule has 0 unspecified atom stereocenters. The minimum absolute atomic E-state index is 0.0845. The van der Waals surface area contributed by atoms with Gasteiger partial charge in [-0.3, -0.25) is 4.79 Å². The maximum Gasteiger partial charge on any atom is 0.224 e. The molecule has 1 fully saturated rings. The molecule has 1 saturated carbocycles. The Hall–Kier alpha value is -1.87. The molecule has 122 valence electrons. The lowest BCUT2D eigenvalue weighted by Gasteiger charge is -2.30. The SMILES string of the molecule is NC[C@H](NC(=O)Cc1ccc2ccccc2c1)C1CCCCC1. The highest BCUT2D eigenvalue weighted by atomic mass is 16.1. The molecule has 0 radical (unpaired) electrons. The molecule has 0 spiro atoms. The van der Waals surface area contributed by atoms with E-state index in [9.17, 15) is 4.79 Å². The summed E-state index contributed by atoms with van der Waals surface area (Å²) in [5.74, 6) is 0.635. The second kappa shape index (κ2) is 7.60. The van der Waals surface area contributed by atoms with E-state index in [1.807, 2.05) is 18.2 Å². The van der Waals surface area contributed by atoms with Gasteiger partial charge < -0.3 is 11.1 Å². The molecule has 0 aliphatic heterocycles. The standard InChI is InChI=1S/C20H26N2O/c21-14-19(17-7-2-1-3-8-17)22-20(23)13-15-10-11-16-6-4-5-9-18(16)12-15/h4-6,9-12,17,19H,1-3,7-8,13-14,21H2,(H,22,23)/t19-/m0/s1. The van der Waals surface area contributed by atoms with E-state index in [1.54, 1.807) is 0 Å². The van der Waals surface area contributed by atoms with Gasteiger partial charge in [0, 0.05) is 12.6 Å². The maximum absolute atomic E-state index is 12.4. The van der Waals surface area contributed by atoms with Crippen molar-refractivity contribution < 1.29 is 4.79 Å². The number of hydrogen-bond acceptors (Lipinski definition) is 2. The Labute approximate surface area is 138 Å². The van der Waals surface area contributed by atoms with Gasteiger partial charge in [-0.25, -0.2) is 0 Å². The zero-order valence-electron chi connectivity index (χ0n) is 13.6. The van der Waals surface area contributed by atoms with Gasteiger partial charge in [0.2, 0.25) is 5.91 Å². The summed E-state index contributed by atoms with van der Waals surface area (Å²) in [6, 6.07) is 14.6. The van der Waals surface area contributed by atoms with E-state index in [1.165, 1.54) is 42.9 Å². The van der Waals surface area contributed by atoms with Crippen molar-refractivity contribution in [2.45, 2.75) is 44.6 Å². The van der Waals surface area contributed by atoms with Gasteiger partial charge in [-0.05, 0) is 35.1 Å². The average Bonchev–Trinajstić information content (AvgIpc) is 2.60. The summed E-state index contributed by atoms with van der Waals surface area (Å²) in [5, 5.41) is 5.56. The lowest BCUT2D eigenvalue weighted by molar-refractivity contribution is -0.121. The van der Waals surface area contributed by atoms with Crippen molar-refractivity contribution in [2.24, 2.45) is 11.7 Å². The predicted molar refractivity (Wildman–Crippen MR) is 95.2 cm³/mol. The summed E-state index contributed by atoms with van der Waals surface area (Å²) in [6.45, 7) is 0.536. The molecule has 0 heterocycles. The van der Waals surface area contributed by atoms with E-state index in [2.05, 4.69) is 29.6 Å². The number of carbonyl (C=O) groups is 1. The van der Waals surface area contributed by atoms with Crippen LogP contribution in [0.2, 0.25) is 0 Å². The van der Waals surface area contributed by atoms with Crippen molar-refractivity contribution in [3.05, 3.63) is 48.0 Å². The number of fused-ring (bicyclic) bond motifs is 1. The third-order valence-electron chi connectivity index (χ3n) is 5.00. The molecular formula is C20H26N2O. The largest absolute Gasteiger partial charge is 0.352 e. The highest BCUT2D eigenvalue weighted by Crippen LogP contribution is 2.26. The normalized spacial score (nSPS) is 17.1. The van der Waals surface area contributed by atoms with Crippen LogP contribution in [0.1, 0.15) is 37.7 Å². The number of hydrogen-bond donors (Lipinski definition) is 2. The fourth-order valence-corrected chi connectivity index (χ4v) is 3.70. The lowest BCUT2D eigenvalue weighted by Crippen LogP contribution is -2.46. The summed E-state index contributed by atoms with van der Waals surface area (Å²) < 4.78 is 0. The molecule has 2 aromatic carbocycles. The fourth-order valence-electron chi connectivity index (χ4n) is 3.70. The smallest absolute Gasteiger partial charge is 0.224 e. The predicted octanol–water partition coefficient (Wildman–Crippen LogP) is 3.41. The topological polar surface area (TPSA) is 55.1 Å². The van der Waals surface area contributed by atoms with Crippen LogP contribution in [0.15, 0.2) is 42.5 Å². The fraction of sp³-hybridized carbons (Fsp3) is 0.450. The van der Waals surface area contributed by atoms with Crippen LogP contribution in [0, 0.1) is 5.92 Å². The van der Waals surface area contributed by atoms with E-state index >= 15 is 0 Å². The molecule has 0 bridgehead atoms. The van der Waals surface area contributed by atoms with Crippen molar-refractivity contribution >= 4 is 16.7 Å². The first-order valence-electron chi connectivity index (χ1n) is 8.73. The second-order valence-corrected chi connectivity index (χ2v) is 6.67. The Morgan fingerprint density at radius 2 is 1.83 bits per heavy atom. The maximum atomic E-state index is 12.4. The zero-order valence-corrected chi connectivity index (χ0v) is 13.6. The molecular weight excluding hydrogens is 284 g/mol. The van der Waals surface area contributed by atoms with Gasteiger partial charge in [0.1, 0.15) is 0 Å². The molecule has 0 saturated heterocycles. The van der Waals surface area contributed by atoms with Crippen LogP contribution in [0.4, 0.5) is 0 Å². The van der Waals surface area contributed by atoms with Gasteiger partial charge in [0.25, 0.3) is 0 Å². The minimum Gasteiger partial charge on any atom is -0.352 e. The Bertz CT molecular complexity index is 661. The molecule has 0 aromatic heterocycles. The summed E-state index contributed by atoms with van der Waals surface area (Å²) in [4.78, 5) is 12.4. The quantitative estimate of drug-likeness (QED) is 0.889. The number of rotatable bonds is 5. The number of carbonyl (C=O) groups excluding carboxylic acids is 1. The number of nitrogens with one attached hydrogen (secondary N) is 1. The van der Waals surface area contributed by atoms with Crippen molar-refractivity contribution in [1.82, 2.24) is 5.32 Å². The van der Waals surface area contributed by atoms with E-state index in [0.717, 1.165) is 5.56 Å². The van der Waals surface area contributed by atoms with E-state index in [0.29, 0.717) is 18.9 Å². The van der Waals surface area contributed by atoms with Crippen molar-refractivity contribution in [3.8, 4) is 0 Å². The van der Waals surface area contributed by atoms with Gasteiger partial charge in [-0.1, -0.05) is 61.7 Å². The van der Waals surface area contributed by atoms with Crippen molar-refractivity contribution in [1.29, 1.82) is 0 Å². The number of benzene rings is 2. The molecule has 3 heteroatoms. The molecule has 1 amide bonds. The molecule has 3 rings (SSSR count). The molecule has 2 aromatic rings. The minimum atomic E-state index is 0.0845. The molecule has 3 nitrogen and oxygen atoms in total. The van der Waals surface area contributed by atoms with E-state index < -0.39 is 0 Å². The highest BCUT2D eigenvalue weighted by Gasteiger charge is 2.23. The Balaban J connectivity index is 1.62. The van der Waals surface area contributed by atoms with Crippen molar-refractivity contribution in [2.75, 3.05) is 6.54 Å². The Morgan fingerprint density at radius 1 is 1.09 bits per heavy atom. The lowest BCUT2D eigenvalue weighted by atomic mass is 9.84. The van der Waals surface area contributed by atoms with Crippen LogP contribution in [-0.2, 0) is 11.2 Å². The number of amides is 1. The van der Waals surface area contributed by atoms with E-state index in [-0.39, 0.29) is 11.9 Å². The molecule has 1 atom stereocenters. The second-order valence-electron chi connectivity index (χ2n) is 6.67. The first-order chi connectivity index (χ1) is 11.3. The van der Waals surface area contributed by atoms with Crippen LogP contribution < -0.4 is 11.1 Å². The average molecular weight is 310 g/mol. The monoisotopic (exact) mass is 310 g/mol. The summed E-state index contributed by atoms with van der Waals surface area (Å²) in [6.07, 6.45) is 6.66.